The molecule has 0 spiro atoms. The Balaban J connectivity index is 1.70. The first-order valence-electron chi connectivity index (χ1n) is 11.2. The Morgan fingerprint density at radius 3 is 2.31 bits per heavy atom. The number of benzene rings is 3. The number of carbonyl (C=O) groups excluding carboxylic acids is 2. The summed E-state index contributed by atoms with van der Waals surface area (Å²) in [7, 11) is 0. The summed E-state index contributed by atoms with van der Waals surface area (Å²) in [6, 6.07) is 21.8. The fraction of sp³-hybridized carbons (Fsp3) is 0.222. The normalized spacial score (nSPS) is 11.5. The number of ether oxygens (including phenoxy) is 1. The van der Waals surface area contributed by atoms with E-state index in [1.165, 1.54) is 0 Å². The lowest BCUT2D eigenvalue weighted by Crippen LogP contribution is -2.35. The van der Waals surface area contributed by atoms with Crippen LogP contribution in [0.3, 0.4) is 0 Å². The van der Waals surface area contributed by atoms with Gasteiger partial charge in [0.05, 0.1) is 29.5 Å². The van der Waals surface area contributed by atoms with Gasteiger partial charge in [-0.05, 0) is 61.0 Å². The maximum absolute atomic E-state index is 13.0. The molecule has 3 aromatic carbocycles. The number of hydrogen-bond acceptors (Lipinski definition) is 4. The van der Waals surface area contributed by atoms with E-state index in [1.807, 2.05) is 57.2 Å². The predicted molar refractivity (Wildman–Crippen MR) is 147 cm³/mol. The van der Waals surface area contributed by atoms with Crippen LogP contribution in [0.15, 0.2) is 77.3 Å². The zero-order valence-electron chi connectivity index (χ0n) is 19.8. The van der Waals surface area contributed by atoms with E-state index >= 15 is 0 Å². The van der Waals surface area contributed by atoms with Gasteiger partial charge in [0.1, 0.15) is 5.75 Å². The van der Waals surface area contributed by atoms with Gasteiger partial charge in [0, 0.05) is 4.47 Å². The average molecular weight is 555 g/mol. The molecule has 0 aromatic heterocycles. The van der Waals surface area contributed by atoms with Crippen LogP contribution in [0, 0.1) is 5.92 Å². The summed E-state index contributed by atoms with van der Waals surface area (Å²) in [6.45, 7) is 6.47. The van der Waals surface area contributed by atoms with E-state index in [-0.39, 0.29) is 17.1 Å². The fourth-order valence-corrected chi connectivity index (χ4v) is 3.84. The molecule has 1 unspecified atom stereocenters. The first-order valence-corrected chi connectivity index (χ1v) is 12.4. The van der Waals surface area contributed by atoms with Crippen LogP contribution in [0.25, 0.3) is 0 Å². The molecule has 0 aliphatic heterocycles. The van der Waals surface area contributed by atoms with Crippen molar-refractivity contribution in [3.8, 4) is 5.75 Å². The summed E-state index contributed by atoms with van der Waals surface area (Å²) < 4.78 is 6.54. The van der Waals surface area contributed by atoms with Crippen molar-refractivity contribution in [2.45, 2.75) is 26.8 Å². The topological polar surface area (TPSA) is 79.5 Å². The molecule has 1 atom stereocenters. The second-order valence-corrected chi connectivity index (χ2v) is 9.73. The lowest BCUT2D eigenvalue weighted by Gasteiger charge is -2.17. The molecule has 3 N–H and O–H groups in total. The minimum Gasteiger partial charge on any atom is -0.492 e. The zero-order valence-corrected chi connectivity index (χ0v) is 22.2. The third-order valence-electron chi connectivity index (χ3n) is 5.05. The second kappa shape index (κ2) is 12.5. The van der Waals surface area contributed by atoms with E-state index in [4.69, 9.17) is 17.0 Å². The van der Waals surface area contributed by atoms with Crippen LogP contribution in [0.2, 0.25) is 0 Å². The first kappa shape index (κ1) is 26.4. The minimum atomic E-state index is -0.415. The van der Waals surface area contributed by atoms with Gasteiger partial charge in [0.2, 0.25) is 0 Å². The van der Waals surface area contributed by atoms with E-state index in [0.29, 0.717) is 35.1 Å². The van der Waals surface area contributed by atoms with Crippen LogP contribution >= 0.6 is 28.1 Å². The van der Waals surface area contributed by atoms with Crippen LogP contribution in [-0.4, -0.2) is 23.5 Å². The molecule has 35 heavy (non-hydrogen) atoms. The van der Waals surface area contributed by atoms with Gasteiger partial charge in [-0.25, -0.2) is 0 Å². The van der Waals surface area contributed by atoms with Gasteiger partial charge in [-0.15, -0.1) is 0 Å². The van der Waals surface area contributed by atoms with Gasteiger partial charge in [-0.3, -0.25) is 14.9 Å². The molecule has 0 bridgehead atoms. The van der Waals surface area contributed by atoms with Crippen LogP contribution in [-0.2, 0) is 0 Å². The van der Waals surface area contributed by atoms with Crippen molar-refractivity contribution in [3.05, 3.63) is 94.0 Å². The number of anilines is 1. The molecule has 3 rings (SSSR count). The van der Waals surface area contributed by atoms with Gasteiger partial charge in [0.25, 0.3) is 11.8 Å². The van der Waals surface area contributed by atoms with E-state index in [2.05, 4.69) is 31.9 Å². The quantitative estimate of drug-likeness (QED) is 0.293. The van der Waals surface area contributed by atoms with E-state index < -0.39 is 5.91 Å². The molecule has 0 saturated carbocycles. The van der Waals surface area contributed by atoms with Crippen LogP contribution in [0.4, 0.5) is 5.69 Å². The highest BCUT2D eigenvalue weighted by atomic mass is 79.9. The fourth-order valence-electron chi connectivity index (χ4n) is 3.28. The number of halogens is 1. The molecule has 182 valence electrons. The number of rotatable bonds is 8. The molecular weight excluding hydrogens is 526 g/mol. The molecule has 8 heteroatoms. The minimum absolute atomic E-state index is 0.0705. The Kier molecular flexibility index (Phi) is 9.39. The largest absolute Gasteiger partial charge is 0.492 e. The number of nitrogens with one attached hydrogen (secondary N) is 3. The monoisotopic (exact) mass is 553 g/mol. The predicted octanol–water partition coefficient (Wildman–Crippen LogP) is 6.10. The maximum atomic E-state index is 13.0. The number of amides is 2. The van der Waals surface area contributed by atoms with Crippen LogP contribution in [0.5, 0.6) is 5.75 Å². The lowest BCUT2D eigenvalue weighted by atomic mass is 10.1. The zero-order chi connectivity index (χ0) is 25.4. The summed E-state index contributed by atoms with van der Waals surface area (Å²) in [5.74, 6) is 0.110. The SMILES string of the molecule is CC(C)COc1ccc(Br)cc1C(=O)NC(=S)Nc1ccccc1C(=O)NC(C)c1ccccc1. The number of carbonyl (C=O) groups is 2. The van der Waals surface area contributed by atoms with Gasteiger partial charge < -0.3 is 15.4 Å². The molecular formula is C27H28BrN3O3S. The average Bonchev–Trinajstić information content (AvgIpc) is 2.83. The summed E-state index contributed by atoms with van der Waals surface area (Å²) in [5.41, 5.74) is 2.25. The molecule has 6 nitrogen and oxygen atoms in total. The Bertz CT molecular complexity index is 1200. The third kappa shape index (κ3) is 7.63. The standard InChI is InChI=1S/C27H28BrN3O3S/c1-17(2)16-34-24-14-13-20(28)15-22(24)26(33)31-27(35)30-23-12-8-7-11-21(23)25(32)29-18(3)19-9-5-4-6-10-19/h4-15,17-18H,16H2,1-3H3,(H,29,32)(H2,30,31,33,35). The third-order valence-corrected chi connectivity index (χ3v) is 5.75. The molecule has 0 radical (unpaired) electrons. The molecule has 2 amide bonds. The molecule has 0 aliphatic rings. The Labute approximate surface area is 219 Å². The summed E-state index contributed by atoms with van der Waals surface area (Å²) in [4.78, 5) is 25.9. The van der Waals surface area contributed by atoms with Crippen molar-refractivity contribution >= 4 is 50.8 Å². The van der Waals surface area contributed by atoms with Gasteiger partial charge in [-0.2, -0.15) is 0 Å². The summed E-state index contributed by atoms with van der Waals surface area (Å²) >= 11 is 8.78. The lowest BCUT2D eigenvalue weighted by molar-refractivity contribution is 0.0939. The highest BCUT2D eigenvalue weighted by Crippen LogP contribution is 2.24. The van der Waals surface area contributed by atoms with E-state index in [0.717, 1.165) is 10.0 Å². The van der Waals surface area contributed by atoms with Gasteiger partial charge in [0.15, 0.2) is 5.11 Å². The number of para-hydroxylation sites is 1. The molecule has 0 aliphatic carbocycles. The van der Waals surface area contributed by atoms with E-state index in [9.17, 15) is 9.59 Å². The number of hydrogen-bond donors (Lipinski definition) is 3. The Morgan fingerprint density at radius 2 is 1.60 bits per heavy atom. The smallest absolute Gasteiger partial charge is 0.261 e. The number of thiocarbonyl (C=S) groups is 1. The van der Waals surface area contributed by atoms with Gasteiger partial charge in [-0.1, -0.05) is 72.2 Å². The van der Waals surface area contributed by atoms with Crippen molar-refractivity contribution in [3.63, 3.8) is 0 Å². The van der Waals surface area contributed by atoms with Crippen LogP contribution in [0.1, 0.15) is 53.1 Å². The highest BCUT2D eigenvalue weighted by Gasteiger charge is 2.18. The van der Waals surface area contributed by atoms with E-state index in [1.54, 1.807) is 36.4 Å². The van der Waals surface area contributed by atoms with Crippen molar-refractivity contribution in [1.82, 2.24) is 10.6 Å². The summed E-state index contributed by atoms with van der Waals surface area (Å²) in [6.07, 6.45) is 0. The summed E-state index contributed by atoms with van der Waals surface area (Å²) in [5, 5.41) is 8.73. The Hall–Kier alpha value is -3.23. The highest BCUT2D eigenvalue weighted by molar-refractivity contribution is 9.10. The molecule has 0 saturated heterocycles. The molecule has 0 fully saturated rings. The maximum Gasteiger partial charge on any atom is 0.261 e. The van der Waals surface area contributed by atoms with Crippen molar-refractivity contribution in [1.29, 1.82) is 0 Å². The molecule has 0 heterocycles. The first-order chi connectivity index (χ1) is 16.7. The van der Waals surface area contributed by atoms with Gasteiger partial charge >= 0.3 is 0 Å². The van der Waals surface area contributed by atoms with Crippen molar-refractivity contribution < 1.29 is 14.3 Å². The van der Waals surface area contributed by atoms with Crippen molar-refractivity contribution in [2.75, 3.05) is 11.9 Å². The molecule has 3 aromatic rings. The Morgan fingerprint density at radius 1 is 0.914 bits per heavy atom. The second-order valence-electron chi connectivity index (χ2n) is 8.40. The van der Waals surface area contributed by atoms with Crippen LogP contribution < -0.4 is 20.7 Å². The van der Waals surface area contributed by atoms with Crippen molar-refractivity contribution in [2.24, 2.45) is 5.92 Å².